The molecule has 0 N–H and O–H groups in total. The number of aryl methyl sites for hydroxylation is 1. The quantitative estimate of drug-likeness (QED) is 0.314. The second-order valence-corrected chi connectivity index (χ2v) is 7.76. The van der Waals surface area contributed by atoms with Crippen LogP contribution in [-0.2, 0) is 0 Å². The summed E-state index contributed by atoms with van der Waals surface area (Å²) in [4.78, 5) is 5.06. The topological polar surface area (TPSA) is 17.3 Å². The van der Waals surface area contributed by atoms with Gasteiger partial charge in [-0.05, 0) is 30.2 Å². The van der Waals surface area contributed by atoms with Gasteiger partial charge in [0.15, 0.2) is 0 Å². The van der Waals surface area contributed by atoms with E-state index in [1.165, 1.54) is 38.9 Å². The van der Waals surface area contributed by atoms with Crippen molar-refractivity contribution in [2.24, 2.45) is 0 Å². The summed E-state index contributed by atoms with van der Waals surface area (Å²) in [6, 6.07) is 36.4. The Morgan fingerprint density at radius 1 is 0.567 bits per heavy atom. The van der Waals surface area contributed by atoms with Gasteiger partial charge < -0.3 is 0 Å². The Kier molecular flexibility index (Phi) is 3.72. The fraction of sp³-hybridized carbons (Fsp3) is 0.0357. The molecule has 0 aliphatic heterocycles. The molecule has 0 unspecified atom stereocenters. The van der Waals surface area contributed by atoms with E-state index >= 15 is 0 Å². The van der Waals surface area contributed by atoms with Crippen molar-refractivity contribution in [3.05, 3.63) is 109 Å². The van der Waals surface area contributed by atoms with Crippen LogP contribution in [0.5, 0.6) is 0 Å². The summed E-state index contributed by atoms with van der Waals surface area (Å²) in [6.07, 6.45) is 0. The summed E-state index contributed by atoms with van der Waals surface area (Å²) < 4.78 is 2.32. The summed E-state index contributed by atoms with van der Waals surface area (Å²) >= 11 is 0. The van der Waals surface area contributed by atoms with Gasteiger partial charge in [0.05, 0.1) is 16.7 Å². The average Bonchev–Trinajstić information content (AvgIpc) is 3.35. The lowest BCUT2D eigenvalue weighted by Gasteiger charge is -2.08. The van der Waals surface area contributed by atoms with E-state index in [1.54, 1.807) is 0 Å². The van der Waals surface area contributed by atoms with Crippen molar-refractivity contribution >= 4 is 16.7 Å². The van der Waals surface area contributed by atoms with E-state index in [9.17, 15) is 0 Å². The molecule has 30 heavy (non-hydrogen) atoms. The van der Waals surface area contributed by atoms with Crippen LogP contribution in [-0.4, -0.2) is 9.38 Å². The smallest absolute Gasteiger partial charge is 0.138 e. The third-order valence-electron chi connectivity index (χ3n) is 5.84. The van der Waals surface area contributed by atoms with Crippen molar-refractivity contribution in [3.8, 4) is 33.5 Å². The van der Waals surface area contributed by atoms with Crippen molar-refractivity contribution in [2.75, 3.05) is 0 Å². The summed E-state index contributed by atoms with van der Waals surface area (Å²) in [5.41, 5.74) is 11.7. The Labute approximate surface area is 175 Å². The number of aromatic nitrogens is 2. The summed E-state index contributed by atoms with van der Waals surface area (Å²) in [5, 5.41) is 0. The fourth-order valence-electron chi connectivity index (χ4n) is 4.46. The highest BCUT2D eigenvalue weighted by molar-refractivity contribution is 6.09. The zero-order chi connectivity index (χ0) is 20.1. The lowest BCUT2D eigenvalue weighted by molar-refractivity contribution is 1.30. The van der Waals surface area contributed by atoms with Crippen LogP contribution >= 0.6 is 0 Å². The van der Waals surface area contributed by atoms with Crippen LogP contribution in [0.1, 0.15) is 5.56 Å². The normalized spacial score (nSPS) is 11.5. The first-order chi connectivity index (χ1) is 14.8. The first kappa shape index (κ1) is 17.0. The van der Waals surface area contributed by atoms with Crippen molar-refractivity contribution in [2.45, 2.75) is 6.92 Å². The largest absolute Gasteiger partial charge is 0.291 e. The first-order valence-electron chi connectivity index (χ1n) is 10.3. The average molecular weight is 384 g/mol. The maximum atomic E-state index is 5.06. The highest BCUT2D eigenvalue weighted by atomic mass is 15.0. The molecule has 0 saturated carbocycles. The van der Waals surface area contributed by atoms with Crippen LogP contribution in [0.3, 0.4) is 0 Å². The van der Waals surface area contributed by atoms with Crippen LogP contribution in [0.15, 0.2) is 103 Å². The molecule has 0 fully saturated rings. The summed E-state index contributed by atoms with van der Waals surface area (Å²) in [5.74, 6) is 0. The van der Waals surface area contributed by atoms with E-state index in [0.717, 1.165) is 16.9 Å². The molecule has 142 valence electrons. The molecule has 3 aromatic carbocycles. The van der Waals surface area contributed by atoms with Gasteiger partial charge in [-0.25, -0.2) is 4.98 Å². The van der Waals surface area contributed by atoms with E-state index in [1.807, 2.05) is 0 Å². The van der Waals surface area contributed by atoms with Crippen LogP contribution in [0.4, 0.5) is 0 Å². The van der Waals surface area contributed by atoms with E-state index in [-0.39, 0.29) is 0 Å². The maximum absolute atomic E-state index is 5.06. The minimum Gasteiger partial charge on any atom is -0.291 e. The minimum atomic E-state index is 0.984. The van der Waals surface area contributed by atoms with Crippen molar-refractivity contribution in [1.82, 2.24) is 9.38 Å². The van der Waals surface area contributed by atoms with E-state index in [2.05, 4.69) is 114 Å². The maximum Gasteiger partial charge on any atom is 0.138 e. The second kappa shape index (κ2) is 6.57. The molecule has 0 radical (unpaired) electrons. The molecule has 6 rings (SSSR count). The summed E-state index contributed by atoms with van der Waals surface area (Å²) in [6.45, 7) is 2.12. The lowest BCUT2D eigenvalue weighted by Crippen LogP contribution is -1.85. The summed E-state index contributed by atoms with van der Waals surface area (Å²) in [7, 11) is 0. The number of hydrogen-bond donors (Lipinski definition) is 0. The highest BCUT2D eigenvalue weighted by Crippen LogP contribution is 2.45. The van der Waals surface area contributed by atoms with Gasteiger partial charge in [0.2, 0.25) is 0 Å². The highest BCUT2D eigenvalue weighted by Gasteiger charge is 2.24. The van der Waals surface area contributed by atoms with Crippen LogP contribution in [0.25, 0.3) is 50.2 Å². The SMILES string of the molecule is Cc1ccc(-c2nc3cccc4c(-c5ccccc5)c(-c5ccccc5)c2n34)cc1. The fourth-order valence-corrected chi connectivity index (χ4v) is 4.46. The standard InChI is InChI=1S/C28H20N2/c1-19-15-17-22(18-16-19)27-28-26(21-11-6-3-7-12-21)25(20-9-4-2-5-10-20)23-13-8-14-24(29-27)30(23)28/h2-18H,1H3. The Morgan fingerprint density at radius 2 is 1.20 bits per heavy atom. The molecule has 0 aliphatic rings. The van der Waals surface area contributed by atoms with Crippen molar-refractivity contribution < 1.29 is 0 Å². The molecule has 0 saturated heterocycles. The Balaban J connectivity index is 1.81. The van der Waals surface area contributed by atoms with Crippen molar-refractivity contribution in [3.63, 3.8) is 0 Å². The van der Waals surface area contributed by atoms with Gasteiger partial charge >= 0.3 is 0 Å². The molecular formula is C28H20N2. The third-order valence-corrected chi connectivity index (χ3v) is 5.84. The van der Waals surface area contributed by atoms with E-state index in [0.29, 0.717) is 0 Å². The van der Waals surface area contributed by atoms with Gasteiger partial charge in [0.1, 0.15) is 5.65 Å². The molecule has 0 atom stereocenters. The Bertz CT molecular complexity index is 1460. The molecule has 0 amide bonds. The number of hydrogen-bond acceptors (Lipinski definition) is 1. The van der Waals surface area contributed by atoms with Gasteiger partial charge in [0, 0.05) is 16.7 Å². The predicted octanol–water partition coefficient (Wildman–Crippen LogP) is 7.23. The van der Waals surface area contributed by atoms with Crippen LogP contribution in [0, 0.1) is 6.92 Å². The Morgan fingerprint density at radius 3 is 1.87 bits per heavy atom. The minimum absolute atomic E-state index is 0.984. The third kappa shape index (κ3) is 2.47. The number of rotatable bonds is 3. The molecular weight excluding hydrogens is 364 g/mol. The van der Waals surface area contributed by atoms with E-state index < -0.39 is 0 Å². The van der Waals surface area contributed by atoms with Gasteiger partial charge in [0.25, 0.3) is 0 Å². The number of benzene rings is 3. The molecule has 0 aliphatic carbocycles. The zero-order valence-electron chi connectivity index (χ0n) is 16.7. The van der Waals surface area contributed by atoms with E-state index in [4.69, 9.17) is 4.98 Å². The molecule has 6 aromatic rings. The second-order valence-electron chi connectivity index (χ2n) is 7.76. The number of imidazole rings is 1. The number of pyridine rings is 1. The molecule has 0 spiro atoms. The lowest BCUT2D eigenvalue weighted by atomic mass is 9.95. The zero-order valence-corrected chi connectivity index (χ0v) is 16.7. The van der Waals surface area contributed by atoms with Crippen molar-refractivity contribution in [1.29, 1.82) is 0 Å². The molecule has 3 heterocycles. The van der Waals surface area contributed by atoms with Gasteiger partial charge in [-0.15, -0.1) is 0 Å². The van der Waals surface area contributed by atoms with Crippen LogP contribution in [0.2, 0.25) is 0 Å². The molecule has 2 heteroatoms. The monoisotopic (exact) mass is 384 g/mol. The van der Waals surface area contributed by atoms with Gasteiger partial charge in [-0.3, -0.25) is 4.40 Å². The number of nitrogens with zero attached hydrogens (tertiary/aromatic N) is 2. The van der Waals surface area contributed by atoms with Gasteiger partial charge in [-0.2, -0.15) is 0 Å². The van der Waals surface area contributed by atoms with Crippen LogP contribution < -0.4 is 0 Å². The Hall–Kier alpha value is -3.91. The molecule has 3 aromatic heterocycles. The molecule has 0 bridgehead atoms. The first-order valence-corrected chi connectivity index (χ1v) is 10.3. The predicted molar refractivity (Wildman–Crippen MR) is 125 cm³/mol. The molecule has 2 nitrogen and oxygen atoms in total. The van der Waals surface area contributed by atoms with Gasteiger partial charge in [-0.1, -0.05) is 96.6 Å².